The van der Waals surface area contributed by atoms with E-state index in [2.05, 4.69) is 14.7 Å². The molecule has 0 radical (unpaired) electrons. The third kappa shape index (κ3) is 3.72. The molecule has 0 aliphatic heterocycles. The zero-order valence-electron chi connectivity index (χ0n) is 10.4. The molecule has 0 aliphatic rings. The van der Waals surface area contributed by atoms with E-state index in [1.807, 2.05) is 23.5 Å². The molecule has 0 aromatic carbocycles. The van der Waals surface area contributed by atoms with Gasteiger partial charge in [-0.05, 0) is 12.2 Å². The molecule has 0 saturated heterocycles. The highest BCUT2D eigenvalue weighted by Gasteiger charge is 2.27. The van der Waals surface area contributed by atoms with Crippen LogP contribution in [0.5, 0.6) is 0 Å². The van der Waals surface area contributed by atoms with Gasteiger partial charge in [-0.3, -0.25) is 4.79 Å². The summed E-state index contributed by atoms with van der Waals surface area (Å²) in [5.41, 5.74) is 0. The normalized spacial score (nSPS) is 11.1. The molecule has 0 unspecified atom stereocenters. The Hall–Kier alpha value is -1.60. The number of aromatic amines is 1. The highest BCUT2D eigenvalue weighted by atomic mass is 16.5. The average molecular weight is 237 g/mol. The maximum Gasteiger partial charge on any atom is 0.461 e. The number of H-pyrrole nitrogens is 1. The number of anilines is 1. The molecule has 0 saturated carbocycles. The van der Waals surface area contributed by atoms with Gasteiger partial charge in [-0.1, -0.05) is 0 Å². The number of carbonyl (C=O) groups is 1. The van der Waals surface area contributed by atoms with Gasteiger partial charge in [0, 0.05) is 0 Å². The molecule has 17 heavy (non-hydrogen) atoms. The summed E-state index contributed by atoms with van der Waals surface area (Å²) in [6.07, 6.45) is 0. The lowest BCUT2D eigenvalue weighted by Crippen LogP contribution is -2.53. The van der Waals surface area contributed by atoms with Crippen molar-refractivity contribution < 1.29 is 14.1 Å². The van der Waals surface area contributed by atoms with Crippen molar-refractivity contribution in [2.75, 3.05) is 18.1 Å². The van der Waals surface area contributed by atoms with Gasteiger partial charge in [0.2, 0.25) is 5.95 Å². The second-order valence-electron chi connectivity index (χ2n) is 4.47. The lowest BCUT2D eigenvalue weighted by Gasteiger charge is -2.34. The largest absolute Gasteiger partial charge is 0.465 e. The Morgan fingerprint density at radius 1 is 1.59 bits per heavy atom. The Labute approximate surface area is 101 Å². The van der Waals surface area contributed by atoms with E-state index in [0.717, 1.165) is 0 Å². The first-order chi connectivity index (χ1) is 7.84. The van der Waals surface area contributed by atoms with Crippen LogP contribution in [0.25, 0.3) is 0 Å². The van der Waals surface area contributed by atoms with Crippen molar-refractivity contribution >= 4 is 35.5 Å². The molecule has 1 aromatic heterocycles. The standard InChI is InChI=1S/C7H14B3N3O4/c1-2-16-4(14)3-13(7(8,9)10)5-11-6(15)17-12-5/h2-3,8-10H2,1H3,(H,11,12,15). The second kappa shape index (κ2) is 5.16. The summed E-state index contributed by atoms with van der Waals surface area (Å²) in [6, 6.07) is 0. The number of hydrogen-bond acceptors (Lipinski definition) is 6. The molecule has 0 amide bonds. The molecule has 1 N–H and O–H groups in total. The fourth-order valence-electron chi connectivity index (χ4n) is 1.30. The number of aromatic nitrogens is 2. The van der Waals surface area contributed by atoms with E-state index in [9.17, 15) is 9.59 Å². The molecule has 0 spiro atoms. The summed E-state index contributed by atoms with van der Waals surface area (Å²) in [4.78, 5) is 27.6. The molecule has 1 heterocycles. The Morgan fingerprint density at radius 2 is 2.24 bits per heavy atom. The first-order valence-corrected chi connectivity index (χ1v) is 5.33. The zero-order valence-corrected chi connectivity index (χ0v) is 10.4. The van der Waals surface area contributed by atoms with Crippen LogP contribution >= 0.6 is 0 Å². The fraction of sp³-hybridized carbons (Fsp3) is 0.571. The van der Waals surface area contributed by atoms with Gasteiger partial charge in [0.15, 0.2) is 0 Å². The quantitative estimate of drug-likeness (QED) is 0.417. The molecular weight excluding hydrogens is 223 g/mol. The first-order valence-electron chi connectivity index (χ1n) is 5.33. The first kappa shape index (κ1) is 13.5. The Kier molecular flexibility index (Phi) is 4.09. The van der Waals surface area contributed by atoms with Gasteiger partial charge in [-0.25, -0.2) is 4.79 Å². The van der Waals surface area contributed by atoms with Crippen molar-refractivity contribution in [3.63, 3.8) is 0 Å². The topological polar surface area (TPSA) is 88.4 Å². The van der Waals surface area contributed by atoms with E-state index in [-0.39, 0.29) is 18.5 Å². The molecule has 0 atom stereocenters. The number of hydrogen-bond donors (Lipinski definition) is 1. The van der Waals surface area contributed by atoms with Gasteiger partial charge in [-0.2, -0.15) is 5.16 Å². The number of nitrogens with one attached hydrogen (secondary N) is 1. The molecule has 0 fully saturated rings. The maximum absolute atomic E-state index is 11.5. The molecule has 90 valence electrons. The van der Waals surface area contributed by atoms with Crippen LogP contribution in [-0.2, 0) is 9.53 Å². The van der Waals surface area contributed by atoms with E-state index in [1.165, 1.54) is 0 Å². The van der Waals surface area contributed by atoms with Crippen LogP contribution in [0.4, 0.5) is 5.95 Å². The average Bonchev–Trinajstić information content (AvgIpc) is 2.59. The summed E-state index contributed by atoms with van der Waals surface area (Å²) in [7, 11) is 5.66. The third-order valence-electron chi connectivity index (χ3n) is 2.08. The molecule has 1 aromatic rings. The summed E-state index contributed by atoms with van der Waals surface area (Å²) in [6.45, 7) is 2.04. The number of ether oxygens (including phenoxy) is 1. The Bertz CT molecular complexity index is 438. The number of esters is 1. The Balaban J connectivity index is 2.90. The van der Waals surface area contributed by atoms with Crippen LogP contribution in [-0.4, -0.2) is 58.0 Å². The predicted molar refractivity (Wildman–Crippen MR) is 69.5 cm³/mol. The van der Waals surface area contributed by atoms with Gasteiger partial charge in [-0.15, -0.1) is 4.98 Å². The highest BCUT2D eigenvalue weighted by Crippen LogP contribution is 2.11. The number of carbonyl (C=O) groups excluding carboxylic acids is 1. The molecule has 7 nitrogen and oxygen atoms in total. The molecular formula is C7H14B3N3O4. The minimum atomic E-state index is -0.724. The van der Waals surface area contributed by atoms with Crippen molar-refractivity contribution in [3.05, 3.63) is 10.6 Å². The van der Waals surface area contributed by atoms with E-state index >= 15 is 0 Å². The van der Waals surface area contributed by atoms with Gasteiger partial charge in [0.25, 0.3) is 0 Å². The van der Waals surface area contributed by atoms with Gasteiger partial charge < -0.3 is 14.2 Å². The van der Waals surface area contributed by atoms with Gasteiger partial charge in [0.05, 0.1) is 6.61 Å². The molecule has 10 heteroatoms. The smallest absolute Gasteiger partial charge is 0.461 e. The van der Waals surface area contributed by atoms with Crippen molar-refractivity contribution in [2.45, 2.75) is 12.2 Å². The fourth-order valence-corrected chi connectivity index (χ4v) is 1.30. The van der Waals surface area contributed by atoms with Crippen LogP contribution in [0.2, 0.25) is 0 Å². The predicted octanol–water partition coefficient (Wildman–Crippen LogP) is -3.76. The Morgan fingerprint density at radius 3 is 2.65 bits per heavy atom. The van der Waals surface area contributed by atoms with E-state index in [0.29, 0.717) is 6.61 Å². The summed E-state index contributed by atoms with van der Waals surface area (Å²) in [5.74, 6) is -0.889. The maximum atomic E-state index is 11.5. The highest BCUT2D eigenvalue weighted by molar-refractivity contribution is 6.60. The SMILES string of the molecule is BC(B)(B)N(CC(=O)OCC)c1nc(=O)o[nH]1. The van der Waals surface area contributed by atoms with Crippen molar-refractivity contribution in [1.82, 2.24) is 10.1 Å². The lowest BCUT2D eigenvalue weighted by atomic mass is 9.48. The van der Waals surface area contributed by atoms with Crippen LogP contribution in [0.3, 0.4) is 0 Å². The monoisotopic (exact) mass is 237 g/mol. The van der Waals surface area contributed by atoms with Gasteiger partial charge >= 0.3 is 11.7 Å². The van der Waals surface area contributed by atoms with Gasteiger partial charge in [0.1, 0.15) is 30.1 Å². The minimum Gasteiger partial charge on any atom is -0.465 e. The molecule has 0 aliphatic carbocycles. The van der Waals surface area contributed by atoms with E-state index < -0.39 is 11.0 Å². The summed E-state index contributed by atoms with van der Waals surface area (Å²) >= 11 is 0. The van der Waals surface area contributed by atoms with Crippen LogP contribution in [0.15, 0.2) is 9.32 Å². The van der Waals surface area contributed by atoms with Crippen molar-refractivity contribution in [2.24, 2.45) is 0 Å². The third-order valence-corrected chi connectivity index (χ3v) is 2.08. The number of rotatable bonds is 5. The van der Waals surface area contributed by atoms with Crippen LogP contribution in [0.1, 0.15) is 6.92 Å². The molecule has 0 bridgehead atoms. The molecule has 1 rings (SSSR count). The zero-order chi connectivity index (χ0) is 13.1. The van der Waals surface area contributed by atoms with E-state index in [4.69, 9.17) is 4.74 Å². The van der Waals surface area contributed by atoms with E-state index in [1.54, 1.807) is 11.8 Å². The van der Waals surface area contributed by atoms with Crippen molar-refractivity contribution in [3.8, 4) is 0 Å². The number of nitrogens with zero attached hydrogens (tertiary/aromatic N) is 2. The summed E-state index contributed by atoms with van der Waals surface area (Å²) in [5, 5.41) is 1.98. The second-order valence-corrected chi connectivity index (χ2v) is 4.47. The summed E-state index contributed by atoms with van der Waals surface area (Å²) < 4.78 is 9.36. The minimum absolute atomic E-state index is 0.000185. The van der Waals surface area contributed by atoms with Crippen LogP contribution in [0, 0.1) is 0 Å². The van der Waals surface area contributed by atoms with Crippen LogP contribution < -0.4 is 10.7 Å². The lowest BCUT2D eigenvalue weighted by molar-refractivity contribution is -0.141. The van der Waals surface area contributed by atoms with Crippen molar-refractivity contribution in [1.29, 1.82) is 0 Å².